The number of aromatic nitrogens is 1. The Morgan fingerprint density at radius 1 is 1.11 bits per heavy atom. The molecule has 2 aromatic heterocycles. The van der Waals surface area contributed by atoms with Gasteiger partial charge in [0.1, 0.15) is 23.9 Å². The molecule has 1 unspecified atom stereocenters. The highest BCUT2D eigenvalue weighted by Gasteiger charge is 2.39. The van der Waals surface area contributed by atoms with E-state index >= 15 is 0 Å². The second kappa shape index (κ2) is 9.90. The molecule has 0 spiro atoms. The molecule has 12 heteroatoms. The molecule has 36 heavy (non-hydrogen) atoms. The van der Waals surface area contributed by atoms with E-state index in [1.807, 2.05) is 0 Å². The van der Waals surface area contributed by atoms with Crippen molar-refractivity contribution in [2.24, 2.45) is 5.73 Å². The summed E-state index contributed by atoms with van der Waals surface area (Å²) in [6.45, 7) is 0.749. The predicted octanol–water partition coefficient (Wildman–Crippen LogP) is 2.64. The van der Waals surface area contributed by atoms with Crippen molar-refractivity contribution in [3.05, 3.63) is 52.9 Å². The molecule has 3 heterocycles. The number of furan rings is 1. The molecule has 0 bridgehead atoms. The number of benzene rings is 1. The quantitative estimate of drug-likeness (QED) is 0.436. The number of ether oxygens (including phenoxy) is 2. The first kappa shape index (κ1) is 23.7. The smallest absolute Gasteiger partial charge is 0.273 e. The van der Waals surface area contributed by atoms with Crippen molar-refractivity contribution in [3.63, 3.8) is 0 Å². The summed E-state index contributed by atoms with van der Waals surface area (Å²) in [6, 6.07) is 7.04. The molecule has 5 N–H and O–H groups in total. The average molecular weight is 512 g/mol. The third kappa shape index (κ3) is 4.47. The van der Waals surface area contributed by atoms with Crippen LogP contribution in [0.2, 0.25) is 0 Å². The van der Waals surface area contributed by atoms with Crippen molar-refractivity contribution in [3.8, 4) is 11.5 Å². The fourth-order valence-electron chi connectivity index (χ4n) is 4.47. The van der Waals surface area contributed by atoms with Crippen LogP contribution in [0.3, 0.4) is 0 Å². The molecule has 188 valence electrons. The van der Waals surface area contributed by atoms with Gasteiger partial charge in [-0.25, -0.2) is 0 Å². The van der Waals surface area contributed by atoms with Gasteiger partial charge in [-0.3, -0.25) is 19.3 Å². The van der Waals surface area contributed by atoms with Crippen molar-refractivity contribution in [2.75, 3.05) is 23.8 Å². The van der Waals surface area contributed by atoms with E-state index in [1.165, 1.54) is 11.2 Å². The number of nitrogens with zero attached hydrogens (tertiary/aromatic N) is 2. The van der Waals surface area contributed by atoms with Crippen LogP contribution in [-0.2, 0) is 4.79 Å². The Morgan fingerprint density at radius 2 is 1.86 bits per heavy atom. The van der Waals surface area contributed by atoms with Gasteiger partial charge in [0, 0.05) is 17.8 Å². The Balaban J connectivity index is 1.61. The van der Waals surface area contributed by atoms with E-state index in [1.54, 1.807) is 30.3 Å². The number of nitrogens with one attached hydrogen (secondary N) is 1. The van der Waals surface area contributed by atoms with E-state index in [9.17, 15) is 14.4 Å². The van der Waals surface area contributed by atoms with Crippen molar-refractivity contribution in [1.29, 1.82) is 0 Å². The largest absolute Gasteiger partial charge is 0.486 e. The summed E-state index contributed by atoms with van der Waals surface area (Å²) >= 11 is 0.738. The van der Waals surface area contributed by atoms with Gasteiger partial charge in [0.2, 0.25) is 0 Å². The fraction of sp³-hybridized carbons (Fsp3) is 0.333. The van der Waals surface area contributed by atoms with E-state index in [-0.39, 0.29) is 28.1 Å². The maximum Gasteiger partial charge on any atom is 0.273 e. The van der Waals surface area contributed by atoms with Gasteiger partial charge < -0.3 is 30.7 Å². The summed E-state index contributed by atoms with van der Waals surface area (Å²) in [7, 11) is 0. The molecule has 2 aliphatic rings. The lowest BCUT2D eigenvalue weighted by Crippen LogP contribution is -2.46. The summed E-state index contributed by atoms with van der Waals surface area (Å²) in [6.07, 6.45) is 5.20. The number of nitrogens with two attached hydrogens (primary N) is 2. The lowest BCUT2D eigenvalue weighted by Gasteiger charge is -2.31. The number of primary amides is 1. The third-order valence-electron chi connectivity index (χ3n) is 6.20. The van der Waals surface area contributed by atoms with Crippen LogP contribution in [0.15, 0.2) is 41.0 Å². The minimum atomic E-state index is -1.17. The third-order valence-corrected chi connectivity index (χ3v) is 7.05. The summed E-state index contributed by atoms with van der Waals surface area (Å²) in [5, 5.41) is 3.06. The summed E-state index contributed by atoms with van der Waals surface area (Å²) in [5.41, 5.74) is 11.5. The van der Waals surface area contributed by atoms with Gasteiger partial charge in [-0.1, -0.05) is 12.8 Å². The van der Waals surface area contributed by atoms with Crippen LogP contribution in [0.5, 0.6) is 11.5 Å². The number of anilines is 2. The van der Waals surface area contributed by atoms with E-state index in [4.69, 9.17) is 25.4 Å². The van der Waals surface area contributed by atoms with Gasteiger partial charge >= 0.3 is 0 Å². The number of nitrogen functional groups attached to an aromatic ring is 1. The fourth-order valence-corrected chi connectivity index (χ4v) is 5.22. The molecule has 5 rings (SSSR count). The second-order valence-corrected chi connectivity index (χ2v) is 9.32. The molecule has 1 aliphatic carbocycles. The minimum absolute atomic E-state index is 0.00196. The Kier molecular flexibility index (Phi) is 6.51. The molecule has 1 aliphatic heterocycles. The van der Waals surface area contributed by atoms with E-state index < -0.39 is 23.8 Å². The number of carbonyl (C=O) groups is 3. The van der Waals surface area contributed by atoms with Gasteiger partial charge in [-0.2, -0.15) is 4.37 Å². The van der Waals surface area contributed by atoms with Crippen molar-refractivity contribution >= 4 is 40.6 Å². The van der Waals surface area contributed by atoms with Gasteiger partial charge in [0.25, 0.3) is 17.7 Å². The van der Waals surface area contributed by atoms with E-state index in [0.29, 0.717) is 30.4 Å². The van der Waals surface area contributed by atoms with Crippen molar-refractivity contribution in [2.45, 2.75) is 37.8 Å². The zero-order chi connectivity index (χ0) is 25.2. The lowest BCUT2D eigenvalue weighted by atomic mass is 10.1. The Hall–Kier alpha value is -4.06. The number of rotatable bonds is 7. The molecule has 0 radical (unpaired) electrons. The Bertz CT molecular complexity index is 1280. The van der Waals surface area contributed by atoms with Gasteiger partial charge in [-0.15, -0.1) is 0 Å². The maximum atomic E-state index is 14.0. The average Bonchev–Trinajstić information content (AvgIpc) is 3.64. The van der Waals surface area contributed by atoms with Crippen LogP contribution in [0.25, 0.3) is 0 Å². The van der Waals surface area contributed by atoms with Crippen LogP contribution >= 0.6 is 11.5 Å². The second-order valence-electron chi connectivity index (χ2n) is 8.55. The summed E-state index contributed by atoms with van der Waals surface area (Å²) in [4.78, 5) is 40.7. The molecule has 1 fully saturated rings. The first-order valence-corrected chi connectivity index (χ1v) is 12.3. The van der Waals surface area contributed by atoms with Crippen LogP contribution in [0.4, 0.5) is 11.4 Å². The number of amides is 3. The number of fused-ring (bicyclic) bond motifs is 1. The standard InChI is InChI=1S/C24H25N5O6S/c25-18-19(22(26)30)28-36-21(18)24(32)29(14-7-8-15-17(12-14)35-11-10-34-15)20(16-6-3-9-33-16)23(31)27-13-4-1-2-5-13/h3,6-9,12-13,20H,1-2,4-5,10-11,25H2,(H2,26,30)(H,27,31). The SMILES string of the molecule is NC(=O)c1nsc(C(=O)N(c2ccc3c(c2)OCCO3)C(C(=O)NC2CCCC2)c2ccco2)c1N. The van der Waals surface area contributed by atoms with Crippen LogP contribution in [0, 0.1) is 0 Å². The Labute approximate surface area is 210 Å². The highest BCUT2D eigenvalue weighted by molar-refractivity contribution is 7.09. The van der Waals surface area contributed by atoms with Crippen molar-refractivity contribution in [1.82, 2.24) is 9.69 Å². The van der Waals surface area contributed by atoms with Crippen LogP contribution < -0.4 is 31.2 Å². The minimum Gasteiger partial charge on any atom is -0.486 e. The van der Waals surface area contributed by atoms with Gasteiger partial charge in [0.15, 0.2) is 23.2 Å². The molecular formula is C24H25N5O6S. The first-order chi connectivity index (χ1) is 17.4. The highest BCUT2D eigenvalue weighted by Crippen LogP contribution is 2.39. The van der Waals surface area contributed by atoms with E-state index in [0.717, 1.165) is 37.2 Å². The molecule has 3 aromatic rings. The molecule has 1 atom stereocenters. The van der Waals surface area contributed by atoms with E-state index in [2.05, 4.69) is 9.69 Å². The molecular weight excluding hydrogens is 486 g/mol. The zero-order valence-electron chi connectivity index (χ0n) is 19.3. The highest BCUT2D eigenvalue weighted by atomic mass is 32.1. The van der Waals surface area contributed by atoms with Crippen LogP contribution in [0.1, 0.15) is 57.6 Å². The molecule has 1 saturated carbocycles. The molecule has 0 saturated heterocycles. The van der Waals surface area contributed by atoms with Crippen molar-refractivity contribution < 1.29 is 28.3 Å². The molecule has 3 amide bonds. The number of hydrogen-bond donors (Lipinski definition) is 3. The summed E-state index contributed by atoms with van der Waals surface area (Å²) in [5.74, 6) is -0.686. The molecule has 11 nitrogen and oxygen atoms in total. The number of carbonyl (C=O) groups excluding carboxylic acids is 3. The predicted molar refractivity (Wildman–Crippen MR) is 131 cm³/mol. The normalized spacial score (nSPS) is 15.9. The molecule has 1 aromatic carbocycles. The monoisotopic (exact) mass is 511 g/mol. The summed E-state index contributed by atoms with van der Waals surface area (Å²) < 4.78 is 20.9. The maximum absolute atomic E-state index is 14.0. The first-order valence-electron chi connectivity index (χ1n) is 11.6. The van der Waals surface area contributed by atoms with Gasteiger partial charge in [-0.05, 0) is 48.6 Å². The van der Waals surface area contributed by atoms with Crippen LogP contribution in [-0.4, -0.2) is 41.4 Å². The topological polar surface area (TPSA) is 163 Å². The van der Waals surface area contributed by atoms with Gasteiger partial charge in [0.05, 0.1) is 12.0 Å². The zero-order valence-corrected chi connectivity index (χ0v) is 20.1. The lowest BCUT2D eigenvalue weighted by molar-refractivity contribution is -0.123. The Morgan fingerprint density at radius 3 is 2.53 bits per heavy atom. The number of hydrogen-bond acceptors (Lipinski definition) is 9.